The highest BCUT2D eigenvalue weighted by Crippen LogP contribution is 1.80. The second-order valence-electron chi connectivity index (χ2n) is 0.752. The molecule has 0 aliphatic rings. The summed E-state index contributed by atoms with van der Waals surface area (Å²) in [5.74, 6) is 0. The molecule has 0 aliphatic heterocycles. The van der Waals surface area contributed by atoms with E-state index >= 15 is 0 Å². The Morgan fingerprint density at radius 3 is 2.86 bits per heavy atom. The predicted molar refractivity (Wildman–Crippen MR) is 27.7 cm³/mol. The molecule has 0 amide bonds. The second-order valence-corrected chi connectivity index (χ2v) is 1.08. The lowest BCUT2D eigenvalue weighted by Gasteiger charge is -1.93. The summed E-state index contributed by atoms with van der Waals surface area (Å²) in [5.41, 5.74) is 0. The zero-order valence-corrected chi connectivity index (χ0v) is 4.95. The molecule has 42 valence electrons. The topological polar surface area (TPSA) is 35.5 Å². The molecule has 3 nitrogen and oxygen atoms in total. The van der Waals surface area contributed by atoms with E-state index in [1.54, 1.807) is 0 Å². The molecule has 4 heteroatoms. The van der Waals surface area contributed by atoms with E-state index in [1.165, 1.54) is 0 Å². The largest absolute Gasteiger partial charge is 0.441 e. The lowest BCUT2D eigenvalue weighted by atomic mass is 11.3. The van der Waals surface area contributed by atoms with Crippen LogP contribution < -0.4 is 0 Å². The van der Waals surface area contributed by atoms with Gasteiger partial charge in [0.1, 0.15) is 0 Å². The van der Waals surface area contributed by atoms with Crippen molar-refractivity contribution in [2.75, 3.05) is 13.1 Å². The van der Waals surface area contributed by atoms with Gasteiger partial charge in [0.05, 0.1) is 6.35 Å². The molecular formula is C3H7O3P. The average molecular weight is 122 g/mol. The summed E-state index contributed by atoms with van der Waals surface area (Å²) < 4.78 is 8.74. The van der Waals surface area contributed by atoms with E-state index < -0.39 is 0 Å². The van der Waals surface area contributed by atoms with Crippen LogP contribution in [0.25, 0.3) is 0 Å². The summed E-state index contributed by atoms with van der Waals surface area (Å²) in [5, 5.41) is 0. The molecule has 0 spiro atoms. The lowest BCUT2D eigenvalue weighted by molar-refractivity contribution is -0.138. The van der Waals surface area contributed by atoms with Gasteiger partial charge < -0.3 is 9.47 Å². The Kier molecular flexibility index (Phi) is 5.74. The maximum Gasteiger partial charge on any atom is 0.295 e. The minimum Gasteiger partial charge on any atom is -0.441 e. The molecule has 0 fully saturated rings. The predicted octanol–water partition coefficient (Wildman–Crippen LogP) is -0.0339. The highest BCUT2D eigenvalue weighted by Gasteiger charge is 1.75. The van der Waals surface area contributed by atoms with Gasteiger partial charge in [-0.15, -0.1) is 9.24 Å². The molecule has 0 N–H and O–H groups in total. The van der Waals surface area contributed by atoms with Crippen molar-refractivity contribution < 1.29 is 14.3 Å². The van der Waals surface area contributed by atoms with Gasteiger partial charge in [0.2, 0.25) is 0 Å². The van der Waals surface area contributed by atoms with Gasteiger partial charge in [-0.1, -0.05) is 0 Å². The van der Waals surface area contributed by atoms with Crippen LogP contribution in [0.3, 0.4) is 0 Å². The first-order valence-electron chi connectivity index (χ1n) is 1.75. The van der Waals surface area contributed by atoms with Crippen LogP contribution >= 0.6 is 9.24 Å². The molecular weight excluding hydrogens is 115 g/mol. The van der Waals surface area contributed by atoms with Gasteiger partial charge in [0.25, 0.3) is 6.47 Å². The summed E-state index contributed by atoms with van der Waals surface area (Å²) in [6, 6.07) is 0. The third kappa shape index (κ3) is 5.86. The third-order valence-corrected chi connectivity index (χ3v) is 0.573. The first-order chi connectivity index (χ1) is 3.41. The normalized spacial score (nSPS) is 8.14. The molecule has 7 heavy (non-hydrogen) atoms. The number of carbonyl (C=O) groups excluding carboxylic acids is 1. The molecule has 0 saturated heterocycles. The zero-order valence-electron chi connectivity index (χ0n) is 3.79. The fourth-order valence-electron chi connectivity index (χ4n) is 0.124. The van der Waals surface area contributed by atoms with Crippen LogP contribution in [0.2, 0.25) is 0 Å². The van der Waals surface area contributed by atoms with Crippen LogP contribution in [0, 0.1) is 0 Å². The maximum atomic E-state index is 9.37. The van der Waals surface area contributed by atoms with E-state index in [4.69, 9.17) is 0 Å². The molecule has 0 bridgehead atoms. The highest BCUT2D eigenvalue weighted by molar-refractivity contribution is 7.16. The Hall–Kier alpha value is -0.140. The molecule has 1 atom stereocenters. The Morgan fingerprint density at radius 2 is 2.43 bits per heavy atom. The molecule has 0 aromatic rings. The van der Waals surface area contributed by atoms with Gasteiger partial charge in [-0.3, -0.25) is 4.79 Å². The summed E-state index contributed by atoms with van der Waals surface area (Å²) in [7, 11) is 2.33. The van der Waals surface area contributed by atoms with E-state index in [1.807, 2.05) is 0 Å². The van der Waals surface area contributed by atoms with Gasteiger partial charge in [-0.05, 0) is 0 Å². The molecule has 0 aliphatic carbocycles. The fraction of sp³-hybridized carbons (Fsp3) is 0.667. The number of rotatable bonds is 4. The van der Waals surface area contributed by atoms with Crippen LogP contribution in [0.4, 0.5) is 0 Å². The molecule has 1 unspecified atom stereocenters. The van der Waals surface area contributed by atoms with Gasteiger partial charge >= 0.3 is 0 Å². The van der Waals surface area contributed by atoms with Crippen LogP contribution in [-0.4, -0.2) is 19.6 Å². The molecule has 0 heterocycles. The zero-order chi connectivity index (χ0) is 5.54. The molecule has 0 saturated carbocycles. The Labute approximate surface area is 44.2 Å². The molecule has 0 radical (unpaired) electrons. The first kappa shape index (κ1) is 6.86. The van der Waals surface area contributed by atoms with Crippen molar-refractivity contribution in [1.82, 2.24) is 0 Å². The quantitative estimate of drug-likeness (QED) is 0.227. The average Bonchev–Trinajstić information content (AvgIpc) is 1.69. The monoisotopic (exact) mass is 122 g/mol. The summed E-state index contributed by atoms with van der Waals surface area (Å²) in [6.07, 6.45) is 0.494. The van der Waals surface area contributed by atoms with Gasteiger partial charge in [0.15, 0.2) is 6.79 Å². The molecule has 0 rings (SSSR count). The van der Waals surface area contributed by atoms with E-state index in [2.05, 4.69) is 18.7 Å². The number of hydrogen-bond donors (Lipinski definition) is 0. The van der Waals surface area contributed by atoms with E-state index in [9.17, 15) is 4.79 Å². The van der Waals surface area contributed by atoms with Crippen molar-refractivity contribution in [2.24, 2.45) is 0 Å². The van der Waals surface area contributed by atoms with Crippen molar-refractivity contribution in [3.8, 4) is 0 Å². The van der Waals surface area contributed by atoms with Gasteiger partial charge in [0, 0.05) is 0 Å². The lowest BCUT2D eigenvalue weighted by Crippen LogP contribution is -1.94. The highest BCUT2D eigenvalue weighted by atomic mass is 31.0. The van der Waals surface area contributed by atoms with Crippen molar-refractivity contribution >= 4 is 15.7 Å². The standard InChI is InChI=1S/C3H7O3P/c4-1-5-2-6-3-7/h1H,2-3,7H2. The van der Waals surface area contributed by atoms with Crippen molar-refractivity contribution in [1.29, 1.82) is 0 Å². The van der Waals surface area contributed by atoms with Gasteiger partial charge in [-0.25, -0.2) is 0 Å². The van der Waals surface area contributed by atoms with Crippen LogP contribution in [0.15, 0.2) is 0 Å². The number of ether oxygens (including phenoxy) is 2. The summed E-state index contributed by atoms with van der Waals surface area (Å²) in [4.78, 5) is 9.37. The minimum absolute atomic E-state index is 0.0486. The van der Waals surface area contributed by atoms with E-state index in [-0.39, 0.29) is 6.79 Å². The molecule has 0 aromatic heterocycles. The summed E-state index contributed by atoms with van der Waals surface area (Å²) in [6.45, 7) is 0.396. The SMILES string of the molecule is O=COCOCP. The van der Waals surface area contributed by atoms with Gasteiger partial charge in [-0.2, -0.15) is 0 Å². The van der Waals surface area contributed by atoms with Crippen LogP contribution in [0.5, 0.6) is 0 Å². The number of carbonyl (C=O) groups is 1. The first-order valence-corrected chi connectivity index (χ1v) is 2.56. The Morgan fingerprint density at radius 1 is 1.71 bits per heavy atom. The minimum atomic E-state index is 0.0486. The third-order valence-electron chi connectivity index (χ3n) is 0.337. The fourth-order valence-corrected chi connectivity index (χ4v) is 0.220. The van der Waals surface area contributed by atoms with E-state index in [0.29, 0.717) is 12.8 Å². The van der Waals surface area contributed by atoms with Crippen molar-refractivity contribution in [3.05, 3.63) is 0 Å². The maximum absolute atomic E-state index is 9.37. The number of hydrogen-bond acceptors (Lipinski definition) is 3. The van der Waals surface area contributed by atoms with Crippen molar-refractivity contribution in [2.45, 2.75) is 0 Å². The van der Waals surface area contributed by atoms with Crippen LogP contribution in [-0.2, 0) is 14.3 Å². The second kappa shape index (κ2) is 5.86. The van der Waals surface area contributed by atoms with E-state index in [0.717, 1.165) is 0 Å². The van der Waals surface area contributed by atoms with Crippen LogP contribution in [0.1, 0.15) is 0 Å². The molecule has 0 aromatic carbocycles. The Bertz CT molecular complexity index is 47.4. The van der Waals surface area contributed by atoms with Crippen molar-refractivity contribution in [3.63, 3.8) is 0 Å². The summed E-state index contributed by atoms with van der Waals surface area (Å²) >= 11 is 0. The smallest absolute Gasteiger partial charge is 0.295 e. The Balaban J connectivity index is 2.56.